The van der Waals surface area contributed by atoms with E-state index in [1.807, 2.05) is 0 Å². The highest BCUT2D eigenvalue weighted by atomic mass is 32.1. The first kappa shape index (κ1) is 26.7. The second-order valence-corrected chi connectivity index (χ2v) is 8.50. The molecule has 35 heavy (non-hydrogen) atoms. The smallest absolute Gasteiger partial charge is 0.419 e. The largest absolute Gasteiger partial charge is 0.493 e. The van der Waals surface area contributed by atoms with Gasteiger partial charge in [-0.25, -0.2) is 0 Å². The van der Waals surface area contributed by atoms with E-state index in [1.54, 1.807) is 0 Å². The summed E-state index contributed by atoms with van der Waals surface area (Å²) in [6.45, 7) is -0.0983. The van der Waals surface area contributed by atoms with Crippen molar-refractivity contribution in [1.82, 2.24) is 10.2 Å². The number of aliphatic hydroxyl groups excluding tert-OH is 1. The Balaban J connectivity index is 1.51. The summed E-state index contributed by atoms with van der Waals surface area (Å²) in [6, 6.07) is 8.53. The zero-order valence-corrected chi connectivity index (χ0v) is 19.1. The summed E-state index contributed by atoms with van der Waals surface area (Å²) in [5.41, 5.74) is -1.56. The van der Waals surface area contributed by atoms with Crippen molar-refractivity contribution < 1.29 is 40.9 Å². The van der Waals surface area contributed by atoms with Crippen LogP contribution in [0.15, 0.2) is 42.5 Å². The van der Waals surface area contributed by atoms with Gasteiger partial charge in [-0.05, 0) is 49.6 Å². The van der Waals surface area contributed by atoms with Crippen LogP contribution >= 0.6 is 11.3 Å². The molecule has 0 fully saturated rings. The number of aliphatic hydroxyl groups is 1. The Bertz CT molecular complexity index is 1100. The average molecular weight is 520 g/mol. The molecule has 0 aliphatic rings. The van der Waals surface area contributed by atoms with Gasteiger partial charge in [-0.2, -0.15) is 26.3 Å². The number of ether oxygens (including phenoxy) is 2. The number of unbranched alkanes of at least 4 members (excludes halogenated alkanes) is 2. The van der Waals surface area contributed by atoms with E-state index in [2.05, 4.69) is 10.2 Å². The predicted octanol–water partition coefficient (Wildman–Crippen LogP) is 6.41. The van der Waals surface area contributed by atoms with Gasteiger partial charge in [0.1, 0.15) is 21.5 Å². The van der Waals surface area contributed by atoms with Crippen LogP contribution in [0.3, 0.4) is 0 Å². The Kier molecular flexibility index (Phi) is 8.95. The summed E-state index contributed by atoms with van der Waals surface area (Å²) in [6.07, 6.45) is -7.60. The van der Waals surface area contributed by atoms with E-state index in [0.717, 1.165) is 23.5 Å². The van der Waals surface area contributed by atoms with Crippen molar-refractivity contribution in [3.8, 4) is 22.1 Å². The fourth-order valence-corrected chi connectivity index (χ4v) is 3.97. The summed E-state index contributed by atoms with van der Waals surface area (Å²) in [5, 5.41) is 17.5. The summed E-state index contributed by atoms with van der Waals surface area (Å²) in [5.74, 6) is -0.582. The molecule has 3 rings (SSSR count). The van der Waals surface area contributed by atoms with Gasteiger partial charge in [0.15, 0.2) is 0 Å². The molecule has 1 N–H and O–H groups in total. The van der Waals surface area contributed by atoms with Crippen LogP contribution in [0.2, 0.25) is 0 Å². The van der Waals surface area contributed by atoms with Crippen LogP contribution in [-0.2, 0) is 18.8 Å². The highest BCUT2D eigenvalue weighted by molar-refractivity contribution is 7.14. The highest BCUT2D eigenvalue weighted by Gasteiger charge is 2.35. The van der Waals surface area contributed by atoms with E-state index in [4.69, 9.17) is 14.6 Å². The fraction of sp³-hybridized carbons (Fsp3) is 0.391. The normalized spacial score (nSPS) is 12.1. The van der Waals surface area contributed by atoms with E-state index in [9.17, 15) is 26.3 Å². The van der Waals surface area contributed by atoms with E-state index in [0.29, 0.717) is 29.3 Å². The molecule has 1 aromatic heterocycles. The zero-order chi connectivity index (χ0) is 25.5. The van der Waals surface area contributed by atoms with Crippen LogP contribution in [-0.4, -0.2) is 35.1 Å². The molecule has 1 heterocycles. The third-order valence-corrected chi connectivity index (χ3v) is 5.85. The van der Waals surface area contributed by atoms with Crippen LogP contribution in [0, 0.1) is 0 Å². The Morgan fingerprint density at radius 2 is 1.40 bits per heavy atom. The zero-order valence-electron chi connectivity index (χ0n) is 18.3. The molecule has 0 saturated heterocycles. The van der Waals surface area contributed by atoms with E-state index < -0.39 is 23.5 Å². The lowest BCUT2D eigenvalue weighted by Gasteiger charge is -2.15. The number of hydrogen-bond acceptors (Lipinski definition) is 6. The van der Waals surface area contributed by atoms with Crippen molar-refractivity contribution in [3.05, 3.63) is 58.6 Å². The summed E-state index contributed by atoms with van der Waals surface area (Å²) < 4.78 is 90.2. The fourth-order valence-electron chi connectivity index (χ4n) is 3.15. The third-order valence-electron chi connectivity index (χ3n) is 4.82. The maximum atomic E-state index is 13.6. The monoisotopic (exact) mass is 520 g/mol. The summed E-state index contributed by atoms with van der Waals surface area (Å²) in [7, 11) is 0. The number of para-hydroxylation sites is 1. The van der Waals surface area contributed by atoms with Crippen LogP contribution < -0.4 is 9.47 Å². The minimum atomic E-state index is -4.65. The van der Waals surface area contributed by atoms with Gasteiger partial charge in [0.2, 0.25) is 0 Å². The summed E-state index contributed by atoms with van der Waals surface area (Å²) in [4.78, 5) is 0. The molecular formula is C23H22F6N2O3S. The molecule has 0 bridgehead atoms. The number of alkyl halides is 6. The molecule has 0 atom stereocenters. The Morgan fingerprint density at radius 1 is 0.771 bits per heavy atom. The maximum absolute atomic E-state index is 13.6. The minimum absolute atomic E-state index is 0.00101. The third kappa shape index (κ3) is 7.56. The second kappa shape index (κ2) is 11.7. The van der Waals surface area contributed by atoms with Gasteiger partial charge < -0.3 is 14.6 Å². The van der Waals surface area contributed by atoms with Crippen molar-refractivity contribution in [3.63, 3.8) is 0 Å². The van der Waals surface area contributed by atoms with Crippen LogP contribution in [0.5, 0.6) is 11.5 Å². The van der Waals surface area contributed by atoms with Gasteiger partial charge in [0, 0.05) is 18.6 Å². The molecule has 0 aliphatic heterocycles. The van der Waals surface area contributed by atoms with Crippen molar-refractivity contribution in [2.24, 2.45) is 0 Å². The Hall–Kier alpha value is -2.86. The second-order valence-electron chi connectivity index (χ2n) is 7.43. The molecule has 0 unspecified atom stereocenters. The molecule has 0 radical (unpaired) electrons. The molecule has 0 amide bonds. The first-order valence-electron chi connectivity index (χ1n) is 10.7. The summed E-state index contributed by atoms with van der Waals surface area (Å²) >= 11 is 1.10. The SMILES string of the molecule is OCCc1nnc(-c2ccc(OCCCCCOc3ccccc3C(F)(F)F)c(C(F)(F)F)c2)s1. The number of halogens is 6. The molecule has 12 heteroatoms. The van der Waals surface area contributed by atoms with Crippen molar-refractivity contribution >= 4 is 11.3 Å². The van der Waals surface area contributed by atoms with Crippen LogP contribution in [0.25, 0.3) is 10.6 Å². The van der Waals surface area contributed by atoms with Crippen LogP contribution in [0.1, 0.15) is 35.4 Å². The van der Waals surface area contributed by atoms with Gasteiger partial charge in [0.05, 0.1) is 24.3 Å². The molecule has 0 saturated carbocycles. The maximum Gasteiger partial charge on any atom is 0.419 e. The molecule has 0 aliphatic carbocycles. The van der Waals surface area contributed by atoms with Crippen molar-refractivity contribution in [1.29, 1.82) is 0 Å². The van der Waals surface area contributed by atoms with Gasteiger partial charge >= 0.3 is 12.4 Å². The van der Waals surface area contributed by atoms with Gasteiger partial charge in [-0.1, -0.05) is 23.5 Å². The lowest BCUT2D eigenvalue weighted by molar-refractivity contribution is -0.139. The quantitative estimate of drug-likeness (QED) is 0.234. The standard InChI is InChI=1S/C23H22F6N2O3S/c24-22(25,26)16-6-2-3-7-18(16)33-12-4-1-5-13-34-19-9-8-15(14-17(19)23(27,28)29)21-31-30-20(35-21)10-11-32/h2-3,6-9,14,32H,1,4-5,10-13H2. The van der Waals surface area contributed by atoms with E-state index in [1.165, 1.54) is 30.3 Å². The lowest BCUT2D eigenvalue weighted by atomic mass is 10.1. The molecule has 3 aromatic rings. The van der Waals surface area contributed by atoms with Gasteiger partial charge in [-0.3, -0.25) is 0 Å². The predicted molar refractivity (Wildman–Crippen MR) is 117 cm³/mol. The molecular weight excluding hydrogens is 498 g/mol. The molecule has 0 spiro atoms. The average Bonchev–Trinajstić information content (AvgIpc) is 3.26. The number of nitrogens with zero attached hydrogens (tertiary/aromatic N) is 2. The Morgan fingerprint density at radius 3 is 2.03 bits per heavy atom. The van der Waals surface area contributed by atoms with Crippen molar-refractivity contribution in [2.45, 2.75) is 38.0 Å². The van der Waals surface area contributed by atoms with E-state index in [-0.39, 0.29) is 43.3 Å². The van der Waals surface area contributed by atoms with Crippen LogP contribution in [0.4, 0.5) is 26.3 Å². The molecule has 190 valence electrons. The number of hydrogen-bond donors (Lipinski definition) is 1. The number of rotatable bonds is 11. The molecule has 2 aromatic carbocycles. The first-order valence-corrected chi connectivity index (χ1v) is 11.5. The molecule has 5 nitrogen and oxygen atoms in total. The van der Waals surface area contributed by atoms with Gasteiger partial charge in [0.25, 0.3) is 0 Å². The first-order chi connectivity index (χ1) is 16.6. The number of benzene rings is 2. The lowest BCUT2D eigenvalue weighted by Crippen LogP contribution is -2.10. The minimum Gasteiger partial charge on any atom is -0.493 e. The van der Waals surface area contributed by atoms with Crippen molar-refractivity contribution in [2.75, 3.05) is 19.8 Å². The van der Waals surface area contributed by atoms with Gasteiger partial charge in [-0.15, -0.1) is 10.2 Å². The topological polar surface area (TPSA) is 64.5 Å². The number of aromatic nitrogens is 2. The highest BCUT2D eigenvalue weighted by Crippen LogP contribution is 2.39. The Labute approximate surface area is 201 Å². The van der Waals surface area contributed by atoms with E-state index >= 15 is 0 Å².